The molecule has 20 heavy (non-hydrogen) atoms. The molecule has 0 bridgehead atoms. The minimum Gasteiger partial charge on any atom is -1.00 e. The maximum absolute atomic E-state index is 11.3. The van der Waals surface area contributed by atoms with Gasteiger partial charge in [-0.15, -0.1) is 0 Å². The standard InChI is InChI=1S/C13H26O5S.Na.H/c1-2-3-4-5-6-7-8-10-13(14)18-11-9-12-19(15,16)17;;/h2-12H2,1H3,(H,15,16,17);;/q;+1;-1. The molecule has 0 aromatic carbocycles. The molecule has 0 radical (unpaired) electrons. The Balaban J connectivity index is -0.00000162. The Bertz CT molecular complexity index is 335. The van der Waals surface area contributed by atoms with Crippen molar-refractivity contribution >= 4 is 16.1 Å². The molecule has 0 amide bonds. The van der Waals surface area contributed by atoms with Crippen molar-refractivity contribution in [2.24, 2.45) is 0 Å². The number of hydrogen-bond donors (Lipinski definition) is 1. The van der Waals surface area contributed by atoms with E-state index in [1.165, 1.54) is 25.7 Å². The summed E-state index contributed by atoms with van der Waals surface area (Å²) in [6.07, 6.45) is 8.52. The van der Waals surface area contributed by atoms with E-state index in [-0.39, 0.29) is 55.7 Å². The third-order valence-corrected chi connectivity index (χ3v) is 3.60. The fourth-order valence-electron chi connectivity index (χ4n) is 1.73. The van der Waals surface area contributed by atoms with Crippen molar-refractivity contribution in [1.82, 2.24) is 0 Å². The number of hydrogen-bond acceptors (Lipinski definition) is 4. The van der Waals surface area contributed by atoms with Gasteiger partial charge < -0.3 is 6.16 Å². The van der Waals surface area contributed by atoms with Gasteiger partial charge in [-0.3, -0.25) is 9.35 Å². The summed E-state index contributed by atoms with van der Waals surface area (Å²) in [5, 5.41) is 0. The second kappa shape index (κ2) is 14.3. The molecule has 0 heterocycles. The van der Waals surface area contributed by atoms with Crippen molar-refractivity contribution in [3.8, 4) is 0 Å². The van der Waals surface area contributed by atoms with Gasteiger partial charge in [-0.05, 0) is 12.8 Å². The van der Waals surface area contributed by atoms with E-state index < -0.39 is 10.1 Å². The molecule has 5 nitrogen and oxygen atoms in total. The van der Waals surface area contributed by atoms with Gasteiger partial charge in [0.1, 0.15) is 0 Å². The van der Waals surface area contributed by atoms with Gasteiger partial charge in [0.05, 0.1) is 12.4 Å². The molecule has 0 fully saturated rings. The van der Waals surface area contributed by atoms with Crippen LogP contribution in [0.1, 0.15) is 66.1 Å². The van der Waals surface area contributed by atoms with Crippen LogP contribution in [-0.2, 0) is 19.6 Å². The van der Waals surface area contributed by atoms with Gasteiger partial charge in [0.15, 0.2) is 0 Å². The Morgan fingerprint density at radius 3 is 2.15 bits per heavy atom. The first-order valence-corrected chi connectivity index (χ1v) is 8.67. The van der Waals surface area contributed by atoms with E-state index >= 15 is 0 Å². The SMILES string of the molecule is CCCCCCCCCC(=O)OCCCS(=O)(=O)O.[H-].[Na+]. The fourth-order valence-corrected chi connectivity index (χ4v) is 2.21. The Morgan fingerprint density at radius 1 is 1.05 bits per heavy atom. The van der Waals surface area contributed by atoms with Gasteiger partial charge in [-0.1, -0.05) is 45.4 Å². The first kappa shape index (κ1) is 22.7. The average Bonchev–Trinajstić information content (AvgIpc) is 2.32. The van der Waals surface area contributed by atoms with Gasteiger partial charge in [0.2, 0.25) is 0 Å². The Labute approximate surface area is 146 Å². The van der Waals surface area contributed by atoms with Crippen LogP contribution in [0.5, 0.6) is 0 Å². The van der Waals surface area contributed by atoms with Crippen molar-refractivity contribution in [3.63, 3.8) is 0 Å². The van der Waals surface area contributed by atoms with Crippen molar-refractivity contribution in [2.75, 3.05) is 12.4 Å². The zero-order valence-electron chi connectivity index (χ0n) is 13.8. The van der Waals surface area contributed by atoms with Crippen LogP contribution in [0, 0.1) is 0 Å². The normalized spacial score (nSPS) is 10.9. The molecule has 0 aliphatic heterocycles. The van der Waals surface area contributed by atoms with Crippen LogP contribution in [0.25, 0.3) is 0 Å². The van der Waals surface area contributed by atoms with E-state index in [2.05, 4.69) is 6.92 Å². The molecule has 0 aliphatic rings. The molecule has 0 aromatic heterocycles. The number of rotatable bonds is 12. The predicted molar refractivity (Wildman–Crippen MR) is 75.7 cm³/mol. The van der Waals surface area contributed by atoms with E-state index in [1.54, 1.807) is 0 Å². The summed E-state index contributed by atoms with van der Waals surface area (Å²) in [6, 6.07) is 0. The van der Waals surface area contributed by atoms with Crippen molar-refractivity contribution < 1.29 is 53.5 Å². The van der Waals surface area contributed by atoms with Crippen LogP contribution in [0.3, 0.4) is 0 Å². The van der Waals surface area contributed by atoms with Crippen LogP contribution in [0.4, 0.5) is 0 Å². The zero-order valence-corrected chi connectivity index (χ0v) is 15.6. The van der Waals surface area contributed by atoms with Crippen LogP contribution < -0.4 is 29.6 Å². The molecule has 0 rings (SSSR count). The van der Waals surface area contributed by atoms with Crippen LogP contribution in [0.2, 0.25) is 0 Å². The third-order valence-electron chi connectivity index (χ3n) is 2.79. The number of esters is 1. The van der Waals surface area contributed by atoms with Gasteiger partial charge in [0, 0.05) is 6.42 Å². The maximum atomic E-state index is 11.3. The minimum absolute atomic E-state index is 0. The number of unbranched alkanes of at least 4 members (excludes halogenated alkanes) is 6. The molecule has 0 aliphatic carbocycles. The van der Waals surface area contributed by atoms with Crippen LogP contribution >= 0.6 is 0 Å². The number of carbonyl (C=O) groups excluding carboxylic acids is 1. The Kier molecular flexibility index (Phi) is 16.2. The molecule has 0 unspecified atom stereocenters. The van der Waals surface area contributed by atoms with E-state index in [4.69, 9.17) is 9.29 Å². The molecular formula is C13H27NaO5S. The fraction of sp³-hybridized carbons (Fsp3) is 0.923. The first-order chi connectivity index (χ1) is 8.95. The van der Waals surface area contributed by atoms with E-state index in [0.29, 0.717) is 6.42 Å². The molecule has 0 atom stereocenters. The summed E-state index contributed by atoms with van der Waals surface area (Å²) in [5.74, 6) is -0.651. The van der Waals surface area contributed by atoms with Crippen molar-refractivity contribution in [2.45, 2.75) is 64.7 Å². The van der Waals surface area contributed by atoms with Gasteiger partial charge in [-0.25, -0.2) is 0 Å². The summed E-state index contributed by atoms with van der Waals surface area (Å²) in [5.41, 5.74) is 0. The molecular weight excluding hydrogens is 291 g/mol. The molecule has 0 spiro atoms. The largest absolute Gasteiger partial charge is 1.00 e. The smallest absolute Gasteiger partial charge is 1.00 e. The summed E-state index contributed by atoms with van der Waals surface area (Å²) in [4.78, 5) is 11.3. The van der Waals surface area contributed by atoms with E-state index in [0.717, 1.165) is 19.3 Å². The summed E-state index contributed by atoms with van der Waals surface area (Å²) >= 11 is 0. The van der Waals surface area contributed by atoms with Crippen LogP contribution in [0.15, 0.2) is 0 Å². The summed E-state index contributed by atoms with van der Waals surface area (Å²) < 4.78 is 34.2. The van der Waals surface area contributed by atoms with Gasteiger partial charge >= 0.3 is 35.5 Å². The summed E-state index contributed by atoms with van der Waals surface area (Å²) in [7, 11) is -3.95. The summed E-state index contributed by atoms with van der Waals surface area (Å²) in [6.45, 7) is 2.23. The van der Waals surface area contributed by atoms with Gasteiger partial charge in [-0.2, -0.15) is 8.42 Å². The Hall–Kier alpha value is 0.380. The third kappa shape index (κ3) is 18.4. The second-order valence-electron chi connectivity index (χ2n) is 4.73. The number of carbonyl (C=O) groups is 1. The van der Waals surface area contributed by atoms with E-state index in [1.807, 2.05) is 0 Å². The van der Waals surface area contributed by atoms with Gasteiger partial charge in [0.25, 0.3) is 10.1 Å². The molecule has 1 N–H and O–H groups in total. The predicted octanol–water partition coefficient (Wildman–Crippen LogP) is 0.0647. The Morgan fingerprint density at radius 2 is 1.60 bits per heavy atom. The maximum Gasteiger partial charge on any atom is 1.00 e. The zero-order chi connectivity index (χ0) is 14.6. The quantitative estimate of drug-likeness (QED) is 0.238. The van der Waals surface area contributed by atoms with Crippen molar-refractivity contribution in [1.29, 1.82) is 0 Å². The monoisotopic (exact) mass is 318 g/mol. The first-order valence-electron chi connectivity index (χ1n) is 7.06. The molecule has 0 saturated heterocycles. The minimum atomic E-state index is -3.95. The molecule has 7 heteroatoms. The van der Waals surface area contributed by atoms with Crippen molar-refractivity contribution in [3.05, 3.63) is 0 Å². The average molecular weight is 318 g/mol. The topological polar surface area (TPSA) is 80.7 Å². The molecule has 116 valence electrons. The second-order valence-corrected chi connectivity index (χ2v) is 6.30. The van der Waals surface area contributed by atoms with E-state index in [9.17, 15) is 13.2 Å². The number of ether oxygens (including phenoxy) is 1. The van der Waals surface area contributed by atoms with Crippen LogP contribution in [-0.4, -0.2) is 31.3 Å². The molecule has 0 aromatic rings. The molecule has 0 saturated carbocycles.